The van der Waals surface area contributed by atoms with Crippen LogP contribution >= 0.6 is 0 Å². The van der Waals surface area contributed by atoms with E-state index in [9.17, 15) is 12.8 Å². The van der Waals surface area contributed by atoms with Crippen LogP contribution in [-0.2, 0) is 16.6 Å². The number of fused-ring (bicyclic) bond motifs is 1. The molecule has 11 heteroatoms. The van der Waals surface area contributed by atoms with Crippen LogP contribution < -0.4 is 9.46 Å². The third-order valence-electron chi connectivity index (χ3n) is 5.80. The number of nitrogens with zero attached hydrogens (tertiary/aromatic N) is 5. The summed E-state index contributed by atoms with van der Waals surface area (Å²) >= 11 is 0. The van der Waals surface area contributed by atoms with E-state index in [0.29, 0.717) is 34.0 Å². The Morgan fingerprint density at radius 3 is 2.42 bits per heavy atom. The van der Waals surface area contributed by atoms with Crippen LogP contribution in [0.25, 0.3) is 28.3 Å². The van der Waals surface area contributed by atoms with Crippen molar-refractivity contribution in [3.05, 3.63) is 90.5 Å². The highest BCUT2D eigenvalue weighted by atomic mass is 32.2. The lowest BCUT2D eigenvalue weighted by atomic mass is 10.1. The summed E-state index contributed by atoms with van der Waals surface area (Å²) in [6.45, 7) is 0.732. The molecule has 0 amide bonds. The maximum Gasteiger partial charge on any atom is 0.264 e. The lowest BCUT2D eigenvalue weighted by Crippen LogP contribution is -2.15. The number of nitrogens with one attached hydrogen (secondary N) is 1. The Labute approximate surface area is 219 Å². The monoisotopic (exact) mass is 532 g/mol. The molecule has 9 nitrogen and oxygen atoms in total. The quantitative estimate of drug-likeness (QED) is 0.315. The number of hydrogen-bond acceptors (Lipinski definition) is 7. The number of ether oxygens (including phenoxy) is 1. The molecule has 1 N–H and O–H groups in total. The summed E-state index contributed by atoms with van der Waals surface area (Å²) in [4.78, 5) is 15.6. The topological polar surface area (TPSA) is 102 Å². The van der Waals surface area contributed by atoms with Crippen LogP contribution in [-0.4, -0.2) is 53.9 Å². The van der Waals surface area contributed by atoms with Crippen LogP contribution in [0.4, 0.5) is 10.3 Å². The van der Waals surface area contributed by atoms with E-state index in [-0.39, 0.29) is 16.7 Å². The van der Waals surface area contributed by atoms with Crippen LogP contribution in [0.5, 0.6) is 5.75 Å². The highest BCUT2D eigenvalue weighted by Crippen LogP contribution is 2.33. The van der Waals surface area contributed by atoms with Crippen LogP contribution in [0.2, 0.25) is 0 Å². The van der Waals surface area contributed by atoms with Gasteiger partial charge in [-0.25, -0.2) is 32.5 Å². The van der Waals surface area contributed by atoms with E-state index in [4.69, 9.17) is 9.72 Å². The van der Waals surface area contributed by atoms with E-state index in [2.05, 4.69) is 19.6 Å². The summed E-state index contributed by atoms with van der Waals surface area (Å²) in [6, 6.07) is 17.7. The first-order valence-electron chi connectivity index (χ1n) is 11.7. The lowest BCUT2D eigenvalue weighted by Gasteiger charge is -2.11. The van der Waals surface area contributed by atoms with Gasteiger partial charge in [-0.1, -0.05) is 0 Å². The molecular formula is C27H25FN6O3S. The van der Waals surface area contributed by atoms with Gasteiger partial charge in [0.05, 0.1) is 29.1 Å². The Morgan fingerprint density at radius 2 is 1.74 bits per heavy atom. The molecule has 0 atom stereocenters. The van der Waals surface area contributed by atoms with E-state index < -0.39 is 10.0 Å². The minimum atomic E-state index is -3.95. The SMILES string of the molecule is COc1ccc(S(=O)(=O)Nc2nccc(-c3c(-c4ccc(F)cc4)nc4cc(CN(C)C)ccn34)n2)cc1. The summed E-state index contributed by atoms with van der Waals surface area (Å²) in [6.07, 6.45) is 3.37. The van der Waals surface area contributed by atoms with Crippen molar-refractivity contribution < 1.29 is 17.5 Å². The fraction of sp³-hybridized carbons (Fsp3) is 0.148. The molecule has 5 rings (SSSR count). The van der Waals surface area contributed by atoms with E-state index in [1.54, 1.807) is 30.3 Å². The van der Waals surface area contributed by atoms with Crippen molar-refractivity contribution in [3.8, 4) is 28.4 Å². The van der Waals surface area contributed by atoms with Crippen LogP contribution in [0.3, 0.4) is 0 Å². The molecule has 0 fully saturated rings. The van der Waals surface area contributed by atoms with Gasteiger partial charge in [0.25, 0.3) is 10.0 Å². The molecule has 0 saturated heterocycles. The Hall–Kier alpha value is -4.35. The Balaban J connectivity index is 1.59. The number of hydrogen-bond donors (Lipinski definition) is 1. The molecule has 5 aromatic rings. The van der Waals surface area contributed by atoms with Crippen LogP contribution in [0.1, 0.15) is 5.56 Å². The van der Waals surface area contributed by atoms with E-state index in [1.165, 1.54) is 37.6 Å². The summed E-state index contributed by atoms with van der Waals surface area (Å²) < 4.78 is 49.0. The molecule has 0 aliphatic heterocycles. The van der Waals surface area contributed by atoms with Gasteiger partial charge in [0.1, 0.15) is 17.2 Å². The second kappa shape index (κ2) is 10.2. The second-order valence-corrected chi connectivity index (χ2v) is 10.5. The molecule has 38 heavy (non-hydrogen) atoms. The molecular weight excluding hydrogens is 507 g/mol. The smallest absolute Gasteiger partial charge is 0.264 e. The zero-order chi connectivity index (χ0) is 26.9. The summed E-state index contributed by atoms with van der Waals surface area (Å²) in [5.41, 5.74) is 4.08. The van der Waals surface area contributed by atoms with Gasteiger partial charge in [-0.05, 0) is 86.4 Å². The van der Waals surface area contributed by atoms with Crippen molar-refractivity contribution in [1.29, 1.82) is 0 Å². The van der Waals surface area contributed by atoms with Crippen molar-refractivity contribution in [2.24, 2.45) is 0 Å². The number of sulfonamides is 1. The molecule has 0 aliphatic rings. The van der Waals surface area contributed by atoms with Crippen molar-refractivity contribution in [1.82, 2.24) is 24.3 Å². The van der Waals surface area contributed by atoms with Gasteiger partial charge in [0.2, 0.25) is 5.95 Å². The van der Waals surface area contributed by atoms with Crippen molar-refractivity contribution >= 4 is 21.6 Å². The van der Waals surface area contributed by atoms with Gasteiger partial charge in [-0.15, -0.1) is 0 Å². The molecule has 3 aromatic heterocycles. The zero-order valence-electron chi connectivity index (χ0n) is 21.0. The highest BCUT2D eigenvalue weighted by Gasteiger charge is 2.20. The standard InChI is InChI=1S/C27H25FN6O3S/c1-33(2)17-18-13-15-34-24(16-18)31-25(19-4-6-20(28)7-5-19)26(34)23-12-14-29-27(30-23)32-38(35,36)22-10-8-21(37-3)9-11-22/h4-16H,17H2,1-3H3,(H,29,30,32). The van der Waals surface area contributed by atoms with Gasteiger partial charge >= 0.3 is 0 Å². The number of anilines is 1. The third-order valence-corrected chi connectivity index (χ3v) is 7.14. The number of aromatic nitrogens is 4. The van der Waals surface area contributed by atoms with Gasteiger partial charge in [0.15, 0.2) is 0 Å². The van der Waals surface area contributed by atoms with Gasteiger partial charge in [0, 0.05) is 24.5 Å². The fourth-order valence-corrected chi connectivity index (χ4v) is 5.03. The Kier molecular flexibility index (Phi) is 6.79. The maximum absolute atomic E-state index is 13.7. The average molecular weight is 533 g/mol. The summed E-state index contributed by atoms with van der Waals surface area (Å²) in [5.74, 6) is 0.0871. The van der Waals surface area contributed by atoms with Crippen molar-refractivity contribution in [2.45, 2.75) is 11.4 Å². The minimum Gasteiger partial charge on any atom is -0.497 e. The first kappa shape index (κ1) is 25.3. The minimum absolute atomic E-state index is 0.0440. The number of rotatable bonds is 8. The molecule has 3 heterocycles. The maximum atomic E-state index is 13.7. The highest BCUT2D eigenvalue weighted by molar-refractivity contribution is 7.92. The number of pyridine rings is 1. The number of methoxy groups -OCH3 is 1. The lowest BCUT2D eigenvalue weighted by molar-refractivity contribution is 0.402. The first-order chi connectivity index (χ1) is 18.2. The largest absolute Gasteiger partial charge is 0.497 e. The molecule has 0 saturated carbocycles. The van der Waals surface area contributed by atoms with E-state index in [1.807, 2.05) is 36.8 Å². The molecule has 0 spiro atoms. The zero-order valence-corrected chi connectivity index (χ0v) is 21.8. The Bertz CT molecular complexity index is 1700. The predicted octanol–water partition coefficient (Wildman–Crippen LogP) is 4.47. The van der Waals surface area contributed by atoms with E-state index >= 15 is 0 Å². The molecule has 0 bridgehead atoms. The number of benzene rings is 2. The number of imidazole rings is 1. The average Bonchev–Trinajstić information content (AvgIpc) is 3.27. The third kappa shape index (κ3) is 5.20. The first-order valence-corrected chi connectivity index (χ1v) is 13.1. The molecule has 2 aromatic carbocycles. The summed E-state index contributed by atoms with van der Waals surface area (Å²) in [5, 5.41) is 0. The van der Waals surface area contributed by atoms with Crippen LogP contribution in [0, 0.1) is 5.82 Å². The van der Waals surface area contributed by atoms with E-state index in [0.717, 1.165) is 12.1 Å². The van der Waals surface area contributed by atoms with Crippen LogP contribution in [0.15, 0.2) is 84.0 Å². The van der Waals surface area contributed by atoms with Crippen molar-refractivity contribution in [3.63, 3.8) is 0 Å². The fourth-order valence-electron chi connectivity index (χ4n) is 4.08. The second-order valence-electron chi connectivity index (χ2n) is 8.86. The predicted molar refractivity (Wildman–Crippen MR) is 143 cm³/mol. The van der Waals surface area contributed by atoms with Gasteiger partial charge in [-0.3, -0.25) is 4.40 Å². The Morgan fingerprint density at radius 1 is 1.00 bits per heavy atom. The molecule has 194 valence electrons. The van der Waals surface area contributed by atoms with Crippen molar-refractivity contribution in [2.75, 3.05) is 25.9 Å². The van der Waals surface area contributed by atoms with Gasteiger partial charge in [-0.2, -0.15) is 0 Å². The summed E-state index contributed by atoms with van der Waals surface area (Å²) in [7, 11) is 1.53. The molecule has 0 aliphatic carbocycles. The molecule has 0 unspecified atom stereocenters. The van der Waals surface area contributed by atoms with Gasteiger partial charge < -0.3 is 9.64 Å². The molecule has 0 radical (unpaired) electrons. The normalized spacial score (nSPS) is 11.7. The number of halogens is 1.